The average Bonchev–Trinajstić information content (AvgIpc) is 1.98. The van der Waals surface area contributed by atoms with Crippen LogP contribution in [0.25, 0.3) is 0 Å². The van der Waals surface area contributed by atoms with Gasteiger partial charge in [-0.2, -0.15) is 0 Å². The van der Waals surface area contributed by atoms with Crippen LogP contribution in [0.5, 0.6) is 0 Å². The highest BCUT2D eigenvalue weighted by Crippen LogP contribution is 2.05. The first kappa shape index (κ1) is 9.96. The molecule has 0 unspecified atom stereocenters. The van der Waals surface area contributed by atoms with Gasteiger partial charge in [-0.25, -0.2) is 0 Å². The highest BCUT2D eigenvalue weighted by Gasteiger charge is 1.96. The Balaban J connectivity index is 2.89. The van der Waals surface area contributed by atoms with Crippen molar-refractivity contribution < 1.29 is 0 Å². The second-order valence-corrected chi connectivity index (χ2v) is 3.02. The molecule has 1 heteroatoms. The molecule has 0 aromatic heterocycles. The molecule has 0 radical (unpaired) electrons. The highest BCUT2D eigenvalue weighted by molar-refractivity contribution is 4.57. The minimum Gasteiger partial charge on any atom is -0.328 e. The number of nitrogens with two attached hydrogens (primary N) is 1. The lowest BCUT2D eigenvalue weighted by Crippen LogP contribution is -2.17. The second-order valence-electron chi connectivity index (χ2n) is 3.02. The molecule has 0 rings (SSSR count). The number of hydrogen-bond donors (Lipinski definition) is 1. The van der Waals surface area contributed by atoms with E-state index in [0.29, 0.717) is 6.04 Å². The lowest BCUT2D eigenvalue weighted by Gasteiger charge is -2.06. The summed E-state index contributed by atoms with van der Waals surface area (Å²) in [7, 11) is 0. The fourth-order valence-corrected chi connectivity index (χ4v) is 1.04. The van der Waals surface area contributed by atoms with E-state index in [4.69, 9.17) is 5.73 Å². The largest absolute Gasteiger partial charge is 0.328 e. The topological polar surface area (TPSA) is 26.0 Å². The summed E-state index contributed by atoms with van der Waals surface area (Å²) in [6.45, 7) is 4.39. The normalized spacial score (nSPS) is 13.5. The zero-order valence-electron chi connectivity index (χ0n) is 7.40. The number of rotatable bonds is 6. The fraction of sp³-hybridized carbons (Fsp3) is 1.00. The zero-order valence-corrected chi connectivity index (χ0v) is 7.40. The Kier molecular flexibility index (Phi) is 7.04. The van der Waals surface area contributed by atoms with Crippen molar-refractivity contribution in [1.29, 1.82) is 0 Å². The van der Waals surface area contributed by atoms with Crippen LogP contribution in [0.3, 0.4) is 0 Å². The predicted molar refractivity (Wildman–Crippen MR) is 47.0 cm³/mol. The van der Waals surface area contributed by atoms with E-state index in [0.717, 1.165) is 6.42 Å². The molecule has 0 aliphatic carbocycles. The van der Waals surface area contributed by atoms with Gasteiger partial charge in [0.25, 0.3) is 0 Å². The van der Waals surface area contributed by atoms with Gasteiger partial charge >= 0.3 is 0 Å². The Morgan fingerprint density at radius 2 is 1.80 bits per heavy atom. The van der Waals surface area contributed by atoms with Gasteiger partial charge in [0.05, 0.1) is 0 Å². The van der Waals surface area contributed by atoms with E-state index in [2.05, 4.69) is 13.8 Å². The van der Waals surface area contributed by atoms with Crippen LogP contribution in [0.15, 0.2) is 0 Å². The molecule has 0 saturated heterocycles. The van der Waals surface area contributed by atoms with Gasteiger partial charge < -0.3 is 5.73 Å². The van der Waals surface area contributed by atoms with Crippen molar-refractivity contribution >= 4 is 0 Å². The summed E-state index contributed by atoms with van der Waals surface area (Å²) in [5.41, 5.74) is 5.76. The van der Waals surface area contributed by atoms with Crippen LogP contribution in [0.1, 0.15) is 52.4 Å². The van der Waals surface area contributed by atoms with E-state index in [1.54, 1.807) is 0 Å². The molecule has 0 heterocycles. The van der Waals surface area contributed by atoms with Crippen molar-refractivity contribution in [3.05, 3.63) is 0 Å². The molecule has 0 spiro atoms. The van der Waals surface area contributed by atoms with Gasteiger partial charge in [-0.15, -0.1) is 0 Å². The smallest absolute Gasteiger partial charge is 0.00362 e. The van der Waals surface area contributed by atoms with Crippen LogP contribution in [-0.4, -0.2) is 6.04 Å². The van der Waals surface area contributed by atoms with E-state index >= 15 is 0 Å². The van der Waals surface area contributed by atoms with E-state index in [9.17, 15) is 0 Å². The van der Waals surface area contributed by atoms with Gasteiger partial charge in [-0.1, -0.05) is 39.5 Å². The molecule has 0 amide bonds. The Bertz CT molecular complexity index is 61.7. The zero-order chi connectivity index (χ0) is 7.82. The molecular formula is C9H21N. The van der Waals surface area contributed by atoms with Crippen LogP contribution in [0.2, 0.25) is 0 Å². The van der Waals surface area contributed by atoms with E-state index in [-0.39, 0.29) is 0 Å². The lowest BCUT2D eigenvalue weighted by molar-refractivity contribution is 0.537. The second kappa shape index (κ2) is 7.07. The molecule has 0 aromatic rings. The summed E-state index contributed by atoms with van der Waals surface area (Å²) in [5, 5.41) is 0. The molecule has 0 fully saturated rings. The molecule has 10 heavy (non-hydrogen) atoms. The average molecular weight is 143 g/mol. The van der Waals surface area contributed by atoms with Crippen LogP contribution in [-0.2, 0) is 0 Å². The van der Waals surface area contributed by atoms with Crippen molar-refractivity contribution in [3.8, 4) is 0 Å². The predicted octanol–water partition coefficient (Wildman–Crippen LogP) is 2.69. The maximum absolute atomic E-state index is 5.76. The van der Waals surface area contributed by atoms with Gasteiger partial charge in [0.15, 0.2) is 0 Å². The third-order valence-electron chi connectivity index (χ3n) is 1.95. The third-order valence-corrected chi connectivity index (χ3v) is 1.95. The summed E-state index contributed by atoms with van der Waals surface area (Å²) in [4.78, 5) is 0. The van der Waals surface area contributed by atoms with Gasteiger partial charge in [0.2, 0.25) is 0 Å². The monoisotopic (exact) mass is 143 g/mol. The number of unbranched alkanes of at least 4 members (excludes halogenated alkanes) is 3. The maximum atomic E-state index is 5.76. The first-order valence-corrected chi connectivity index (χ1v) is 4.56. The molecule has 0 bridgehead atoms. The Morgan fingerprint density at radius 3 is 2.30 bits per heavy atom. The summed E-state index contributed by atoms with van der Waals surface area (Å²) in [5.74, 6) is 0. The molecule has 0 aliphatic rings. The Hall–Kier alpha value is -0.0400. The highest BCUT2D eigenvalue weighted by atomic mass is 14.6. The molecular weight excluding hydrogens is 122 g/mol. The van der Waals surface area contributed by atoms with Crippen LogP contribution in [0, 0.1) is 0 Å². The molecule has 2 N–H and O–H groups in total. The van der Waals surface area contributed by atoms with Gasteiger partial charge in [-0.05, 0) is 12.8 Å². The SMILES string of the molecule is CCCCCC[C@@H](N)CC. The maximum Gasteiger partial charge on any atom is 0.00362 e. The van der Waals surface area contributed by atoms with Crippen molar-refractivity contribution in [2.45, 2.75) is 58.4 Å². The van der Waals surface area contributed by atoms with E-state index in [1.807, 2.05) is 0 Å². The lowest BCUT2D eigenvalue weighted by atomic mass is 10.1. The van der Waals surface area contributed by atoms with Crippen molar-refractivity contribution in [2.24, 2.45) is 5.73 Å². The van der Waals surface area contributed by atoms with Crippen LogP contribution < -0.4 is 5.73 Å². The van der Waals surface area contributed by atoms with Crippen molar-refractivity contribution in [1.82, 2.24) is 0 Å². The molecule has 0 aliphatic heterocycles. The molecule has 62 valence electrons. The standard InChI is InChI=1S/C9H21N/c1-3-5-6-7-8-9(10)4-2/h9H,3-8,10H2,1-2H3/t9-/m0/s1. The Labute approximate surface area is 65.0 Å². The molecule has 1 atom stereocenters. The van der Waals surface area contributed by atoms with Gasteiger partial charge in [0, 0.05) is 6.04 Å². The minimum absolute atomic E-state index is 0.455. The minimum atomic E-state index is 0.455. The quantitative estimate of drug-likeness (QED) is 0.568. The molecule has 1 nitrogen and oxygen atoms in total. The van der Waals surface area contributed by atoms with Crippen molar-refractivity contribution in [2.75, 3.05) is 0 Å². The first-order chi connectivity index (χ1) is 4.81. The summed E-state index contributed by atoms with van der Waals surface area (Å²) >= 11 is 0. The van der Waals surface area contributed by atoms with Gasteiger partial charge in [-0.3, -0.25) is 0 Å². The summed E-state index contributed by atoms with van der Waals surface area (Å²) < 4.78 is 0. The van der Waals surface area contributed by atoms with Gasteiger partial charge in [0.1, 0.15) is 0 Å². The van der Waals surface area contributed by atoms with Crippen LogP contribution in [0.4, 0.5) is 0 Å². The first-order valence-electron chi connectivity index (χ1n) is 4.56. The van der Waals surface area contributed by atoms with Crippen molar-refractivity contribution in [3.63, 3.8) is 0 Å². The van der Waals surface area contributed by atoms with Crippen LogP contribution >= 0.6 is 0 Å². The fourth-order valence-electron chi connectivity index (χ4n) is 1.04. The summed E-state index contributed by atoms with van der Waals surface area (Å²) in [6, 6.07) is 0.455. The number of hydrogen-bond acceptors (Lipinski definition) is 1. The molecule has 0 saturated carbocycles. The Morgan fingerprint density at radius 1 is 1.10 bits per heavy atom. The molecule has 0 aromatic carbocycles. The third kappa shape index (κ3) is 6.09. The van der Waals surface area contributed by atoms with E-state index < -0.39 is 0 Å². The van der Waals surface area contributed by atoms with E-state index in [1.165, 1.54) is 32.1 Å². The summed E-state index contributed by atoms with van der Waals surface area (Å²) in [6.07, 6.45) is 7.73.